The zero-order valence-electron chi connectivity index (χ0n) is 20.0. The maximum Gasteiger partial charge on any atom is 0.297 e. The smallest absolute Gasteiger partial charge is 0.297 e. The van der Waals surface area contributed by atoms with Crippen molar-refractivity contribution in [1.29, 1.82) is 0 Å². The molecule has 5 nitrogen and oxygen atoms in total. The Morgan fingerprint density at radius 3 is 2.33 bits per heavy atom. The molecule has 0 aliphatic heterocycles. The van der Waals surface area contributed by atoms with Crippen molar-refractivity contribution in [3.05, 3.63) is 64.4 Å². The lowest BCUT2D eigenvalue weighted by Gasteiger charge is -2.16. The first kappa shape index (κ1) is 24.7. The summed E-state index contributed by atoms with van der Waals surface area (Å²) in [5.41, 5.74) is 1.46. The van der Waals surface area contributed by atoms with Gasteiger partial charge in [-0.05, 0) is 30.5 Å². The highest BCUT2D eigenvalue weighted by atomic mass is 16.5. The largest absolute Gasteiger partial charge is 0.504 e. The summed E-state index contributed by atoms with van der Waals surface area (Å²) in [5.74, 6) is 0.643. The summed E-state index contributed by atoms with van der Waals surface area (Å²) in [4.78, 5) is 13.2. The second-order valence-electron chi connectivity index (χ2n) is 8.56. The molecule has 2 aromatic carbocycles. The van der Waals surface area contributed by atoms with Crippen molar-refractivity contribution in [1.82, 2.24) is 4.57 Å². The van der Waals surface area contributed by atoms with E-state index in [-0.39, 0.29) is 17.1 Å². The molecule has 0 spiro atoms. The fourth-order valence-corrected chi connectivity index (χ4v) is 3.95. The van der Waals surface area contributed by atoms with E-state index in [1.165, 1.54) is 25.7 Å². The van der Waals surface area contributed by atoms with Crippen LogP contribution in [-0.4, -0.2) is 16.3 Å². The van der Waals surface area contributed by atoms with Crippen LogP contribution < -0.4 is 15.0 Å². The molecule has 0 atom stereocenters. The Labute approximate surface area is 197 Å². The molecule has 0 aliphatic carbocycles. The highest BCUT2D eigenvalue weighted by Gasteiger charge is 2.18. The molecule has 3 aromatic rings. The number of nitrogens with zero attached hydrogens (tertiary/aromatic N) is 1. The Morgan fingerprint density at radius 2 is 1.58 bits per heavy atom. The van der Waals surface area contributed by atoms with Crippen molar-refractivity contribution < 1.29 is 14.6 Å². The van der Waals surface area contributed by atoms with Gasteiger partial charge >= 0.3 is 0 Å². The number of aryl methyl sites for hydroxylation is 1. The van der Waals surface area contributed by atoms with Crippen LogP contribution in [0.1, 0.15) is 70.8 Å². The third-order valence-corrected chi connectivity index (χ3v) is 5.90. The summed E-state index contributed by atoms with van der Waals surface area (Å²) in [6.45, 7) is 5.75. The molecule has 0 amide bonds. The number of ether oxygens (including phenoxy) is 2. The summed E-state index contributed by atoms with van der Waals surface area (Å²) in [6, 6.07) is 15.4. The van der Waals surface area contributed by atoms with Crippen molar-refractivity contribution in [2.45, 2.75) is 78.4 Å². The van der Waals surface area contributed by atoms with Gasteiger partial charge in [-0.2, -0.15) is 0 Å². The van der Waals surface area contributed by atoms with Gasteiger partial charge in [0.15, 0.2) is 5.75 Å². The van der Waals surface area contributed by atoms with Gasteiger partial charge < -0.3 is 19.1 Å². The molecule has 0 radical (unpaired) electrons. The number of hydrogen-bond donors (Lipinski definition) is 1. The van der Waals surface area contributed by atoms with E-state index in [1.807, 2.05) is 48.5 Å². The number of benzene rings is 2. The Kier molecular flexibility index (Phi) is 9.67. The third kappa shape index (κ3) is 6.77. The van der Waals surface area contributed by atoms with Gasteiger partial charge in [-0.3, -0.25) is 4.79 Å². The number of fused-ring (bicyclic) bond motifs is 1. The predicted octanol–water partition coefficient (Wildman–Crippen LogP) is 6.83. The van der Waals surface area contributed by atoms with Gasteiger partial charge in [0, 0.05) is 18.0 Å². The topological polar surface area (TPSA) is 60.7 Å². The molecule has 33 heavy (non-hydrogen) atoms. The minimum atomic E-state index is -0.278. The second kappa shape index (κ2) is 12.9. The first-order valence-corrected chi connectivity index (χ1v) is 12.3. The standard InChI is InChI=1S/C28H37NO4/c1-3-5-7-8-9-13-19-32-27-26(30)24-17-16-23(33-21-22-14-11-10-12-15-22)20-25(24)29(28(27)31)18-6-4-2/h10-12,14-17,20,30H,3-9,13,18-19,21H2,1-2H3. The zero-order valence-corrected chi connectivity index (χ0v) is 20.0. The predicted molar refractivity (Wildman–Crippen MR) is 134 cm³/mol. The highest BCUT2D eigenvalue weighted by molar-refractivity contribution is 5.88. The molecule has 1 aromatic heterocycles. The van der Waals surface area contributed by atoms with E-state index in [1.54, 1.807) is 4.57 Å². The SMILES string of the molecule is CCCCCCCCOc1c(O)c2ccc(OCc3ccccc3)cc2n(CCCC)c1=O. The molecule has 0 fully saturated rings. The van der Waals surface area contributed by atoms with Crippen LogP contribution in [0.2, 0.25) is 0 Å². The minimum absolute atomic E-state index is 0.0603. The lowest BCUT2D eigenvalue weighted by molar-refractivity contribution is 0.283. The lowest BCUT2D eigenvalue weighted by atomic mass is 10.1. The van der Waals surface area contributed by atoms with Crippen LogP contribution in [0.3, 0.4) is 0 Å². The van der Waals surface area contributed by atoms with E-state index in [4.69, 9.17) is 9.47 Å². The normalized spacial score (nSPS) is 11.1. The Bertz CT molecular complexity index is 1060. The summed E-state index contributed by atoms with van der Waals surface area (Å²) < 4.78 is 13.5. The number of pyridine rings is 1. The van der Waals surface area contributed by atoms with E-state index in [0.29, 0.717) is 36.4 Å². The first-order chi connectivity index (χ1) is 16.2. The van der Waals surface area contributed by atoms with Crippen LogP contribution in [0, 0.1) is 0 Å². The van der Waals surface area contributed by atoms with Gasteiger partial charge in [0.2, 0.25) is 5.75 Å². The molecule has 1 heterocycles. The molecular weight excluding hydrogens is 414 g/mol. The molecule has 5 heteroatoms. The van der Waals surface area contributed by atoms with Crippen molar-refractivity contribution in [3.8, 4) is 17.2 Å². The molecule has 0 unspecified atom stereocenters. The first-order valence-electron chi connectivity index (χ1n) is 12.3. The number of aromatic nitrogens is 1. The molecule has 1 N–H and O–H groups in total. The third-order valence-electron chi connectivity index (χ3n) is 5.90. The van der Waals surface area contributed by atoms with Crippen molar-refractivity contribution in [3.63, 3.8) is 0 Å². The molecule has 0 bridgehead atoms. The van der Waals surface area contributed by atoms with Gasteiger partial charge in [-0.15, -0.1) is 0 Å². The quantitative estimate of drug-likeness (QED) is 0.273. The van der Waals surface area contributed by atoms with Crippen LogP contribution >= 0.6 is 0 Å². The fraction of sp³-hybridized carbons (Fsp3) is 0.464. The van der Waals surface area contributed by atoms with Gasteiger partial charge in [0.1, 0.15) is 12.4 Å². The van der Waals surface area contributed by atoms with Gasteiger partial charge in [0.05, 0.1) is 12.1 Å². The Balaban J connectivity index is 1.80. The van der Waals surface area contributed by atoms with E-state index in [2.05, 4.69) is 13.8 Å². The summed E-state index contributed by atoms with van der Waals surface area (Å²) in [7, 11) is 0. The number of rotatable bonds is 14. The number of hydrogen-bond acceptors (Lipinski definition) is 4. The Hall–Kier alpha value is -2.95. The maximum absolute atomic E-state index is 13.2. The molecule has 178 valence electrons. The van der Waals surface area contributed by atoms with Crippen molar-refractivity contribution in [2.24, 2.45) is 0 Å². The Morgan fingerprint density at radius 1 is 0.848 bits per heavy atom. The summed E-state index contributed by atoms with van der Waals surface area (Å²) in [5, 5.41) is 11.5. The van der Waals surface area contributed by atoms with Gasteiger partial charge in [-0.1, -0.05) is 82.7 Å². The van der Waals surface area contributed by atoms with Gasteiger partial charge in [-0.25, -0.2) is 0 Å². The van der Waals surface area contributed by atoms with Crippen molar-refractivity contribution in [2.75, 3.05) is 6.61 Å². The van der Waals surface area contributed by atoms with Crippen LogP contribution in [0.25, 0.3) is 10.9 Å². The number of aromatic hydroxyl groups is 1. The van der Waals surface area contributed by atoms with Crippen molar-refractivity contribution >= 4 is 10.9 Å². The van der Waals surface area contributed by atoms with E-state index < -0.39 is 0 Å². The molecule has 0 saturated carbocycles. The average molecular weight is 452 g/mol. The van der Waals surface area contributed by atoms with Gasteiger partial charge in [0.25, 0.3) is 5.56 Å². The van der Waals surface area contributed by atoms with Crippen LogP contribution in [0.15, 0.2) is 53.3 Å². The second-order valence-corrected chi connectivity index (χ2v) is 8.56. The lowest BCUT2D eigenvalue weighted by Crippen LogP contribution is -2.23. The minimum Gasteiger partial charge on any atom is -0.504 e. The monoisotopic (exact) mass is 451 g/mol. The number of unbranched alkanes of at least 4 members (excludes halogenated alkanes) is 6. The summed E-state index contributed by atoms with van der Waals surface area (Å²) >= 11 is 0. The van der Waals surface area contributed by atoms with Crippen LogP contribution in [0.4, 0.5) is 0 Å². The molecule has 0 saturated heterocycles. The van der Waals surface area contributed by atoms with Crippen LogP contribution in [-0.2, 0) is 13.2 Å². The molecular formula is C28H37NO4. The van der Waals surface area contributed by atoms with E-state index >= 15 is 0 Å². The molecule has 0 aliphatic rings. The van der Waals surface area contributed by atoms with E-state index in [0.717, 1.165) is 31.2 Å². The fourth-order valence-electron chi connectivity index (χ4n) is 3.95. The average Bonchev–Trinajstić information content (AvgIpc) is 2.84. The zero-order chi connectivity index (χ0) is 23.5. The van der Waals surface area contributed by atoms with E-state index in [9.17, 15) is 9.90 Å². The highest BCUT2D eigenvalue weighted by Crippen LogP contribution is 2.34. The molecule has 3 rings (SSSR count). The van der Waals surface area contributed by atoms with Crippen LogP contribution in [0.5, 0.6) is 17.2 Å². The maximum atomic E-state index is 13.2. The summed E-state index contributed by atoms with van der Waals surface area (Å²) in [6.07, 6.45) is 8.66.